The van der Waals surface area contributed by atoms with Crippen LogP contribution in [0.15, 0.2) is 22.8 Å². The molecular formula is C13H16N2O4. The van der Waals surface area contributed by atoms with Gasteiger partial charge in [-0.2, -0.15) is 0 Å². The van der Waals surface area contributed by atoms with Crippen LogP contribution in [0.4, 0.5) is 4.79 Å². The van der Waals surface area contributed by atoms with E-state index in [9.17, 15) is 14.7 Å². The Morgan fingerprint density at radius 2 is 2.26 bits per heavy atom. The minimum atomic E-state index is -1.18. The highest BCUT2D eigenvalue weighted by molar-refractivity contribution is 6.07. The number of carbonyl (C=O) groups is 2. The lowest BCUT2D eigenvalue weighted by atomic mass is 9.98. The molecule has 3 atom stereocenters. The number of hydrogen-bond donors (Lipinski definition) is 2. The van der Waals surface area contributed by atoms with Gasteiger partial charge in [0, 0.05) is 0 Å². The molecule has 2 heterocycles. The molecule has 6 nitrogen and oxygen atoms in total. The van der Waals surface area contributed by atoms with Gasteiger partial charge in [0.25, 0.3) is 5.91 Å². The molecule has 1 saturated heterocycles. The molecular weight excluding hydrogens is 248 g/mol. The lowest BCUT2D eigenvalue weighted by Gasteiger charge is -2.25. The van der Waals surface area contributed by atoms with Crippen LogP contribution >= 0.6 is 0 Å². The number of imide groups is 1. The molecule has 1 aromatic heterocycles. The fourth-order valence-electron chi connectivity index (χ4n) is 2.91. The number of nitrogens with one attached hydrogen (secondary N) is 1. The van der Waals surface area contributed by atoms with Crippen LogP contribution in [0.1, 0.15) is 31.9 Å². The second-order valence-electron chi connectivity index (χ2n) is 5.27. The second kappa shape index (κ2) is 4.09. The summed E-state index contributed by atoms with van der Waals surface area (Å²) in [6.07, 6.45) is 2.93. The molecule has 1 aromatic rings. The van der Waals surface area contributed by atoms with Crippen LogP contribution in [0, 0.1) is 0 Å². The van der Waals surface area contributed by atoms with Crippen LogP contribution in [0.2, 0.25) is 0 Å². The van der Waals surface area contributed by atoms with Crippen molar-refractivity contribution < 1.29 is 19.1 Å². The van der Waals surface area contributed by atoms with Crippen LogP contribution in [0.25, 0.3) is 0 Å². The maximum atomic E-state index is 12.5. The van der Waals surface area contributed by atoms with Crippen molar-refractivity contribution in [3.05, 3.63) is 24.2 Å². The van der Waals surface area contributed by atoms with Gasteiger partial charge in [-0.3, -0.25) is 9.69 Å². The molecule has 102 valence electrons. The first kappa shape index (κ1) is 12.2. The zero-order chi connectivity index (χ0) is 13.6. The van der Waals surface area contributed by atoms with Crippen molar-refractivity contribution in [2.45, 2.75) is 43.9 Å². The van der Waals surface area contributed by atoms with Gasteiger partial charge in [-0.15, -0.1) is 0 Å². The van der Waals surface area contributed by atoms with E-state index in [2.05, 4.69) is 5.32 Å². The normalized spacial score (nSPS) is 34.9. The predicted octanol–water partition coefficient (Wildman–Crippen LogP) is 0.960. The van der Waals surface area contributed by atoms with Crippen molar-refractivity contribution >= 4 is 11.9 Å². The molecule has 2 N–H and O–H groups in total. The molecule has 0 radical (unpaired) electrons. The molecule has 19 heavy (non-hydrogen) atoms. The molecule has 1 aliphatic heterocycles. The monoisotopic (exact) mass is 264 g/mol. The van der Waals surface area contributed by atoms with E-state index in [1.165, 1.54) is 6.26 Å². The summed E-state index contributed by atoms with van der Waals surface area (Å²) >= 11 is 0. The van der Waals surface area contributed by atoms with Gasteiger partial charge in [-0.1, -0.05) is 0 Å². The largest absolute Gasteiger partial charge is 0.466 e. The lowest BCUT2D eigenvalue weighted by molar-refractivity contribution is -0.134. The van der Waals surface area contributed by atoms with E-state index < -0.39 is 23.7 Å². The van der Waals surface area contributed by atoms with E-state index in [0.717, 1.165) is 11.3 Å². The summed E-state index contributed by atoms with van der Waals surface area (Å²) < 4.78 is 5.25. The number of carbonyl (C=O) groups excluding carboxylic acids is 2. The molecule has 0 spiro atoms. The summed E-state index contributed by atoms with van der Waals surface area (Å²) in [6, 6.07) is 2.44. The highest BCUT2D eigenvalue weighted by Crippen LogP contribution is 2.34. The van der Waals surface area contributed by atoms with Gasteiger partial charge in [-0.05, 0) is 38.3 Å². The van der Waals surface area contributed by atoms with Gasteiger partial charge in [0.15, 0.2) is 5.54 Å². The Hall–Kier alpha value is -1.82. The topological polar surface area (TPSA) is 82.8 Å². The Balaban J connectivity index is 1.93. The second-order valence-corrected chi connectivity index (χ2v) is 5.27. The predicted molar refractivity (Wildman–Crippen MR) is 65.1 cm³/mol. The molecule has 2 fully saturated rings. The van der Waals surface area contributed by atoms with Crippen molar-refractivity contribution in [2.24, 2.45) is 0 Å². The van der Waals surface area contributed by atoms with Crippen LogP contribution in [0.5, 0.6) is 0 Å². The van der Waals surface area contributed by atoms with Crippen LogP contribution in [-0.4, -0.2) is 34.1 Å². The van der Waals surface area contributed by atoms with Crippen LogP contribution < -0.4 is 5.32 Å². The molecule has 2 aliphatic rings. The Labute approximate surface area is 110 Å². The van der Waals surface area contributed by atoms with Crippen LogP contribution in [0.3, 0.4) is 0 Å². The van der Waals surface area contributed by atoms with Gasteiger partial charge < -0.3 is 14.8 Å². The van der Waals surface area contributed by atoms with Crippen molar-refractivity contribution in [2.75, 3.05) is 0 Å². The maximum Gasteiger partial charge on any atom is 0.325 e. The average Bonchev–Trinajstić information content (AvgIpc) is 3.04. The van der Waals surface area contributed by atoms with Crippen LogP contribution in [-0.2, 0) is 10.3 Å². The lowest BCUT2D eigenvalue weighted by Crippen LogP contribution is -2.46. The first-order chi connectivity index (χ1) is 9.04. The molecule has 0 bridgehead atoms. The number of urea groups is 1. The van der Waals surface area contributed by atoms with Crippen molar-refractivity contribution in [1.82, 2.24) is 10.2 Å². The summed E-state index contributed by atoms with van der Waals surface area (Å²) in [6.45, 7) is 1.62. The standard InChI is InChI=1S/C13H16N2O4/c1-13(10-6-3-7-19-10)11(17)15(12(18)14-13)8-4-2-5-9(8)16/h3,6-9,16H,2,4-5H2,1H3,(H,14,18)/t8-,9-,13?/m0/s1. The molecule has 3 rings (SSSR count). The molecule has 1 unspecified atom stereocenters. The van der Waals surface area contributed by atoms with E-state index in [0.29, 0.717) is 18.6 Å². The van der Waals surface area contributed by atoms with Gasteiger partial charge in [-0.25, -0.2) is 4.79 Å². The highest BCUT2D eigenvalue weighted by atomic mass is 16.3. The number of rotatable bonds is 2. The van der Waals surface area contributed by atoms with Gasteiger partial charge in [0.05, 0.1) is 18.4 Å². The molecule has 6 heteroatoms. The fraction of sp³-hybridized carbons (Fsp3) is 0.538. The summed E-state index contributed by atoms with van der Waals surface area (Å²) in [5.74, 6) is 0.0410. The Morgan fingerprint density at radius 3 is 2.84 bits per heavy atom. The molecule has 1 aliphatic carbocycles. The fourth-order valence-corrected chi connectivity index (χ4v) is 2.91. The minimum absolute atomic E-state index is 0.363. The van der Waals surface area contributed by atoms with Crippen molar-refractivity contribution in [3.8, 4) is 0 Å². The number of hydrogen-bond acceptors (Lipinski definition) is 4. The third kappa shape index (κ3) is 1.67. The van der Waals surface area contributed by atoms with Crippen molar-refractivity contribution in [1.29, 1.82) is 0 Å². The molecule has 1 saturated carbocycles. The minimum Gasteiger partial charge on any atom is -0.466 e. The highest BCUT2D eigenvalue weighted by Gasteiger charge is 2.54. The van der Waals surface area contributed by atoms with Gasteiger partial charge in [0.1, 0.15) is 5.76 Å². The first-order valence-electron chi connectivity index (χ1n) is 6.42. The number of aliphatic hydroxyl groups is 1. The summed E-state index contributed by atoms with van der Waals surface area (Å²) in [7, 11) is 0. The van der Waals surface area contributed by atoms with Crippen molar-refractivity contribution in [3.63, 3.8) is 0 Å². The Morgan fingerprint density at radius 1 is 1.47 bits per heavy atom. The summed E-state index contributed by atoms with van der Waals surface area (Å²) in [4.78, 5) is 25.8. The number of nitrogens with zero attached hydrogens (tertiary/aromatic N) is 1. The number of amides is 3. The number of aliphatic hydroxyl groups excluding tert-OH is 1. The quantitative estimate of drug-likeness (QED) is 0.779. The third-order valence-electron chi connectivity index (χ3n) is 4.01. The van der Waals surface area contributed by atoms with E-state index in [-0.39, 0.29) is 5.91 Å². The third-order valence-corrected chi connectivity index (χ3v) is 4.01. The van der Waals surface area contributed by atoms with E-state index in [1.54, 1.807) is 19.1 Å². The Bertz CT molecular complexity index is 513. The number of furan rings is 1. The van der Waals surface area contributed by atoms with Gasteiger partial charge in [0.2, 0.25) is 0 Å². The molecule has 0 aromatic carbocycles. The Kier molecular flexibility index (Phi) is 2.63. The van der Waals surface area contributed by atoms with E-state index >= 15 is 0 Å². The zero-order valence-electron chi connectivity index (χ0n) is 10.6. The average molecular weight is 264 g/mol. The van der Waals surface area contributed by atoms with Gasteiger partial charge >= 0.3 is 6.03 Å². The summed E-state index contributed by atoms with van der Waals surface area (Å²) in [5, 5.41) is 12.6. The summed E-state index contributed by atoms with van der Waals surface area (Å²) in [5.41, 5.74) is -1.18. The smallest absolute Gasteiger partial charge is 0.325 e. The maximum absolute atomic E-state index is 12.5. The SMILES string of the molecule is CC1(c2ccco2)NC(=O)N([C@H]2CCC[C@@H]2O)C1=O. The first-order valence-corrected chi connectivity index (χ1v) is 6.42. The zero-order valence-corrected chi connectivity index (χ0v) is 10.6. The molecule has 3 amide bonds. The van der Waals surface area contributed by atoms with E-state index in [4.69, 9.17) is 4.42 Å². The van der Waals surface area contributed by atoms with E-state index in [1.807, 2.05) is 0 Å².